The molecule has 0 aliphatic heterocycles. The van der Waals surface area contributed by atoms with Crippen LogP contribution in [-0.4, -0.2) is 51.8 Å². The molecule has 0 aromatic rings. The Morgan fingerprint density at radius 1 is 1.16 bits per heavy atom. The van der Waals surface area contributed by atoms with E-state index < -0.39 is 36.9 Å². The summed E-state index contributed by atoms with van der Waals surface area (Å²) in [5, 5.41) is 9.47. The maximum Gasteiger partial charge on any atom is 0.213 e. The van der Waals surface area contributed by atoms with Crippen LogP contribution in [0.15, 0.2) is 0 Å². The van der Waals surface area contributed by atoms with Crippen LogP contribution in [0.5, 0.6) is 0 Å². The maximum atomic E-state index is 11.9. The van der Waals surface area contributed by atoms with Crippen LogP contribution in [0.2, 0.25) is 0 Å². The van der Waals surface area contributed by atoms with Crippen molar-refractivity contribution in [2.24, 2.45) is 5.92 Å². The molecule has 0 heterocycles. The quantitative estimate of drug-likeness (QED) is 0.713. The summed E-state index contributed by atoms with van der Waals surface area (Å²) in [6.45, 7) is 1.84. The second-order valence-corrected chi connectivity index (χ2v) is 9.77. The maximum absolute atomic E-state index is 11.9. The molecule has 1 saturated carbocycles. The third-order valence-electron chi connectivity index (χ3n) is 3.63. The highest BCUT2D eigenvalue weighted by atomic mass is 32.2. The molecule has 1 aliphatic rings. The van der Waals surface area contributed by atoms with Crippen molar-refractivity contribution in [3.63, 3.8) is 0 Å². The molecule has 0 radical (unpaired) electrons. The van der Waals surface area contributed by atoms with Crippen molar-refractivity contribution in [2.45, 2.75) is 38.1 Å². The van der Waals surface area contributed by atoms with Gasteiger partial charge in [0.1, 0.15) is 9.84 Å². The zero-order valence-corrected chi connectivity index (χ0v) is 13.1. The second-order valence-electron chi connectivity index (χ2n) is 5.67. The summed E-state index contributed by atoms with van der Waals surface area (Å²) in [5.74, 6) is -0.330. The van der Waals surface area contributed by atoms with Gasteiger partial charge in [-0.2, -0.15) is 0 Å². The Bertz CT molecular complexity index is 489. The molecular weight excluding hydrogens is 290 g/mol. The molecule has 6 nitrogen and oxygen atoms in total. The molecule has 1 rings (SSSR count). The molecule has 8 heteroatoms. The molecule has 0 saturated heterocycles. The standard InChI is InChI=1S/C11H23NO5S2/c1-10-3-5-11(9-13,6-4-10)12-19(16,17)8-7-18(2,14)15/h10,12-13H,3-9H2,1-2H3. The lowest BCUT2D eigenvalue weighted by Crippen LogP contribution is -2.54. The van der Waals surface area contributed by atoms with Crippen molar-refractivity contribution >= 4 is 19.9 Å². The van der Waals surface area contributed by atoms with Gasteiger partial charge in [-0.3, -0.25) is 0 Å². The summed E-state index contributed by atoms with van der Waals surface area (Å²) in [7, 11) is -7.01. The van der Waals surface area contributed by atoms with Crippen LogP contribution in [0, 0.1) is 5.92 Å². The first-order valence-corrected chi connectivity index (χ1v) is 10.1. The highest BCUT2D eigenvalue weighted by Crippen LogP contribution is 2.32. The lowest BCUT2D eigenvalue weighted by Gasteiger charge is -2.38. The Balaban J connectivity index is 2.69. The number of rotatable bonds is 6. The van der Waals surface area contributed by atoms with E-state index in [2.05, 4.69) is 11.6 Å². The summed E-state index contributed by atoms with van der Waals surface area (Å²) in [6.07, 6.45) is 3.89. The fourth-order valence-electron chi connectivity index (χ4n) is 2.25. The highest BCUT2D eigenvalue weighted by Gasteiger charge is 2.37. The van der Waals surface area contributed by atoms with E-state index in [1.807, 2.05) is 0 Å². The number of hydrogen-bond acceptors (Lipinski definition) is 5. The van der Waals surface area contributed by atoms with Crippen molar-refractivity contribution in [1.82, 2.24) is 4.72 Å². The minimum Gasteiger partial charge on any atom is -0.394 e. The normalized spacial score (nSPS) is 29.3. The van der Waals surface area contributed by atoms with Gasteiger partial charge in [0, 0.05) is 6.26 Å². The summed E-state index contributed by atoms with van der Waals surface area (Å²) in [4.78, 5) is 0. The number of sulfone groups is 1. The minimum atomic E-state index is -3.69. The molecule has 1 fully saturated rings. The highest BCUT2D eigenvalue weighted by molar-refractivity contribution is 7.93. The number of sulfonamides is 1. The van der Waals surface area contributed by atoms with Crippen LogP contribution in [0.4, 0.5) is 0 Å². The summed E-state index contributed by atoms with van der Waals surface area (Å²) in [6, 6.07) is 0. The molecule has 114 valence electrons. The smallest absolute Gasteiger partial charge is 0.213 e. The average Bonchev–Trinajstić information content (AvgIpc) is 2.29. The molecule has 0 unspecified atom stereocenters. The van der Waals surface area contributed by atoms with Gasteiger partial charge >= 0.3 is 0 Å². The summed E-state index contributed by atoms with van der Waals surface area (Å²) >= 11 is 0. The molecular formula is C11H23NO5S2. The lowest BCUT2D eigenvalue weighted by atomic mass is 9.78. The van der Waals surface area contributed by atoms with E-state index in [0.717, 1.165) is 19.1 Å². The van der Waals surface area contributed by atoms with Crippen molar-refractivity contribution < 1.29 is 21.9 Å². The van der Waals surface area contributed by atoms with Crippen LogP contribution in [-0.2, 0) is 19.9 Å². The largest absolute Gasteiger partial charge is 0.394 e. The van der Waals surface area contributed by atoms with Crippen molar-refractivity contribution in [2.75, 3.05) is 24.4 Å². The zero-order chi connectivity index (χ0) is 14.7. The first-order valence-electron chi connectivity index (χ1n) is 6.38. The Hall–Kier alpha value is -0.180. The van der Waals surface area contributed by atoms with Gasteiger partial charge in [0.05, 0.1) is 23.7 Å². The topological polar surface area (TPSA) is 101 Å². The Labute approximate surface area is 115 Å². The lowest BCUT2D eigenvalue weighted by molar-refractivity contribution is 0.125. The fraction of sp³-hybridized carbons (Fsp3) is 1.00. The van der Waals surface area contributed by atoms with Crippen LogP contribution in [0.1, 0.15) is 32.6 Å². The molecule has 0 aromatic heterocycles. The number of nitrogens with one attached hydrogen (secondary N) is 1. The van der Waals surface area contributed by atoms with Crippen LogP contribution in [0.25, 0.3) is 0 Å². The van der Waals surface area contributed by atoms with E-state index in [0.29, 0.717) is 18.8 Å². The van der Waals surface area contributed by atoms with Gasteiger partial charge in [0.15, 0.2) is 0 Å². The Morgan fingerprint density at radius 2 is 1.68 bits per heavy atom. The zero-order valence-electron chi connectivity index (χ0n) is 11.4. The Kier molecular flexibility index (Phi) is 5.39. The van der Waals surface area contributed by atoms with Gasteiger partial charge in [-0.05, 0) is 31.6 Å². The number of hydrogen-bond donors (Lipinski definition) is 2. The SMILES string of the molecule is CC1CCC(CO)(NS(=O)(=O)CCS(C)(=O)=O)CC1. The van der Waals surface area contributed by atoms with Crippen LogP contribution in [0.3, 0.4) is 0 Å². The second kappa shape index (κ2) is 6.07. The van der Waals surface area contributed by atoms with Crippen LogP contribution < -0.4 is 4.72 Å². The predicted molar refractivity (Wildman–Crippen MR) is 74.1 cm³/mol. The van der Waals surface area contributed by atoms with Crippen molar-refractivity contribution in [3.05, 3.63) is 0 Å². The van der Waals surface area contributed by atoms with E-state index in [9.17, 15) is 21.9 Å². The monoisotopic (exact) mass is 313 g/mol. The summed E-state index contributed by atoms with van der Waals surface area (Å²) < 4.78 is 48.4. The fourth-order valence-corrected chi connectivity index (χ4v) is 5.37. The Morgan fingerprint density at radius 3 is 2.11 bits per heavy atom. The predicted octanol–water partition coefficient (Wildman–Crippen LogP) is -0.108. The number of aliphatic hydroxyl groups is 1. The van der Waals surface area contributed by atoms with E-state index in [4.69, 9.17) is 0 Å². The molecule has 0 atom stereocenters. The number of aliphatic hydroxyl groups excluding tert-OH is 1. The molecule has 19 heavy (non-hydrogen) atoms. The van der Waals surface area contributed by atoms with Crippen LogP contribution >= 0.6 is 0 Å². The van der Waals surface area contributed by atoms with E-state index in [-0.39, 0.29) is 6.61 Å². The van der Waals surface area contributed by atoms with Gasteiger partial charge in [0.2, 0.25) is 10.0 Å². The first-order chi connectivity index (χ1) is 8.58. The minimum absolute atomic E-state index is 0.252. The van der Waals surface area contributed by atoms with Gasteiger partial charge in [-0.15, -0.1) is 0 Å². The van der Waals surface area contributed by atoms with Crippen molar-refractivity contribution in [3.8, 4) is 0 Å². The van der Waals surface area contributed by atoms with Gasteiger partial charge < -0.3 is 5.11 Å². The molecule has 0 aromatic carbocycles. The molecule has 2 N–H and O–H groups in total. The van der Waals surface area contributed by atoms with Gasteiger partial charge in [0.25, 0.3) is 0 Å². The molecule has 0 spiro atoms. The third-order valence-corrected chi connectivity index (χ3v) is 6.32. The molecule has 0 bridgehead atoms. The first kappa shape index (κ1) is 16.9. The van der Waals surface area contributed by atoms with Gasteiger partial charge in [-0.25, -0.2) is 21.6 Å². The third kappa shape index (κ3) is 5.76. The van der Waals surface area contributed by atoms with E-state index in [1.54, 1.807) is 0 Å². The molecule has 1 aliphatic carbocycles. The molecule has 0 amide bonds. The van der Waals surface area contributed by atoms with Crippen molar-refractivity contribution in [1.29, 1.82) is 0 Å². The average molecular weight is 313 g/mol. The summed E-state index contributed by atoms with van der Waals surface area (Å²) in [5.41, 5.74) is -0.817. The van der Waals surface area contributed by atoms with E-state index in [1.165, 1.54) is 0 Å². The van der Waals surface area contributed by atoms with Gasteiger partial charge in [-0.1, -0.05) is 6.92 Å². The van der Waals surface area contributed by atoms with E-state index >= 15 is 0 Å².